The van der Waals surface area contributed by atoms with E-state index >= 15 is 0 Å². The van der Waals surface area contributed by atoms with E-state index in [0.29, 0.717) is 17.9 Å². The molecule has 4 bridgehead atoms. The summed E-state index contributed by atoms with van der Waals surface area (Å²) in [6, 6.07) is 13.1. The first kappa shape index (κ1) is 22.3. The average Bonchev–Trinajstić information content (AvgIpc) is 3.53. The normalized spacial score (nSPS) is 24.4. The predicted octanol–water partition coefficient (Wildman–Crippen LogP) is 1.90. The lowest BCUT2D eigenvalue weighted by atomic mass is 10.0. The summed E-state index contributed by atoms with van der Waals surface area (Å²) in [4.78, 5) is 49.5. The van der Waals surface area contributed by atoms with Gasteiger partial charge < -0.3 is 25.2 Å². The smallest absolute Gasteiger partial charge is 0.330 e. The highest BCUT2D eigenvalue weighted by atomic mass is 16.5. The molecule has 1 aliphatic carbocycles. The Balaban J connectivity index is 1.67. The lowest BCUT2D eigenvalue weighted by Gasteiger charge is -2.21. The Kier molecular flexibility index (Phi) is 6.04. The van der Waals surface area contributed by atoms with Crippen LogP contribution in [0.5, 0.6) is 11.5 Å². The summed E-state index contributed by atoms with van der Waals surface area (Å²) in [6.45, 7) is 0. The topological polar surface area (TPSA) is 131 Å². The number of hydrogen-bond donors (Lipinski definition) is 3. The van der Waals surface area contributed by atoms with E-state index < -0.39 is 47.7 Å². The van der Waals surface area contributed by atoms with Crippen LogP contribution in [0.2, 0.25) is 0 Å². The van der Waals surface area contributed by atoms with Crippen LogP contribution in [0, 0.1) is 0 Å². The molecule has 1 saturated carbocycles. The number of carbonyl (C=O) groups excluding carboxylic acids is 3. The third kappa shape index (κ3) is 4.82. The van der Waals surface area contributed by atoms with Gasteiger partial charge in [-0.05, 0) is 48.2 Å². The van der Waals surface area contributed by atoms with Crippen LogP contribution in [0.3, 0.4) is 0 Å². The molecular formula is C24H24N2O7. The molecular weight excluding hydrogens is 428 g/mol. The van der Waals surface area contributed by atoms with E-state index in [-0.39, 0.29) is 12.8 Å². The lowest BCUT2D eigenvalue weighted by molar-refractivity contribution is -0.145. The maximum Gasteiger partial charge on any atom is 0.330 e. The van der Waals surface area contributed by atoms with Gasteiger partial charge in [-0.1, -0.05) is 24.3 Å². The molecule has 172 valence electrons. The van der Waals surface area contributed by atoms with Crippen molar-refractivity contribution < 1.29 is 33.8 Å². The van der Waals surface area contributed by atoms with Gasteiger partial charge >= 0.3 is 11.9 Å². The van der Waals surface area contributed by atoms with E-state index in [9.17, 15) is 24.3 Å². The largest absolute Gasteiger partial charge is 0.479 e. The van der Waals surface area contributed by atoms with Gasteiger partial charge in [0.2, 0.25) is 11.8 Å². The summed E-state index contributed by atoms with van der Waals surface area (Å²) in [5.74, 6) is -2.33. The first-order chi connectivity index (χ1) is 15.8. The van der Waals surface area contributed by atoms with Crippen molar-refractivity contribution in [1.29, 1.82) is 0 Å². The summed E-state index contributed by atoms with van der Waals surface area (Å²) in [6.07, 6.45) is 0.229. The minimum Gasteiger partial charge on any atom is -0.479 e. The van der Waals surface area contributed by atoms with Crippen LogP contribution in [0.1, 0.15) is 36.3 Å². The number of nitrogens with one attached hydrogen (secondary N) is 2. The van der Waals surface area contributed by atoms with Crippen molar-refractivity contribution in [2.24, 2.45) is 0 Å². The van der Waals surface area contributed by atoms with Crippen LogP contribution in [-0.4, -0.2) is 47.6 Å². The fraction of sp³-hybridized carbons (Fsp3) is 0.333. The molecule has 1 unspecified atom stereocenters. The van der Waals surface area contributed by atoms with Crippen molar-refractivity contribution in [3.63, 3.8) is 0 Å². The van der Waals surface area contributed by atoms with Gasteiger partial charge in [-0.25, -0.2) is 4.79 Å². The van der Waals surface area contributed by atoms with E-state index in [2.05, 4.69) is 15.4 Å². The van der Waals surface area contributed by atoms with Gasteiger partial charge in [0.15, 0.2) is 0 Å². The number of aryl methyl sites for hydroxylation is 1. The molecule has 0 aromatic heterocycles. The Morgan fingerprint density at radius 3 is 2.58 bits per heavy atom. The van der Waals surface area contributed by atoms with Crippen molar-refractivity contribution in [2.75, 3.05) is 7.11 Å². The quantitative estimate of drug-likeness (QED) is 0.606. The van der Waals surface area contributed by atoms with Gasteiger partial charge in [0.05, 0.1) is 13.5 Å². The number of benzene rings is 2. The predicted molar refractivity (Wildman–Crippen MR) is 116 cm³/mol. The number of ether oxygens (including phenoxy) is 2. The lowest BCUT2D eigenvalue weighted by Crippen LogP contribution is -2.54. The van der Waals surface area contributed by atoms with Crippen LogP contribution in [-0.2, 0) is 30.3 Å². The van der Waals surface area contributed by atoms with Gasteiger partial charge in [0.25, 0.3) is 0 Å². The summed E-state index contributed by atoms with van der Waals surface area (Å²) >= 11 is 0. The first-order valence-electron chi connectivity index (χ1n) is 10.6. The summed E-state index contributed by atoms with van der Waals surface area (Å²) < 4.78 is 10.5. The molecule has 2 amide bonds. The summed E-state index contributed by atoms with van der Waals surface area (Å²) in [5.41, 5.74) is 0.0828. The number of aliphatic carboxylic acids is 1. The van der Waals surface area contributed by atoms with Gasteiger partial charge in [-0.15, -0.1) is 0 Å². The van der Waals surface area contributed by atoms with E-state index in [4.69, 9.17) is 4.74 Å². The number of carbonyl (C=O) groups is 4. The number of carboxylic acid groups (broad SMARTS) is 1. The van der Waals surface area contributed by atoms with Gasteiger partial charge in [-0.3, -0.25) is 14.4 Å². The van der Waals surface area contributed by atoms with Gasteiger partial charge in [0, 0.05) is 12.3 Å². The minimum atomic E-state index is -1.51. The zero-order valence-corrected chi connectivity index (χ0v) is 18.0. The summed E-state index contributed by atoms with van der Waals surface area (Å²) in [7, 11) is 1.18. The third-order valence-electron chi connectivity index (χ3n) is 6.00. The van der Waals surface area contributed by atoms with Crippen LogP contribution in [0.25, 0.3) is 0 Å². The number of amides is 2. The minimum absolute atomic E-state index is 0.0649. The number of esters is 1. The zero-order valence-electron chi connectivity index (χ0n) is 18.0. The summed E-state index contributed by atoms with van der Waals surface area (Å²) in [5, 5.41) is 15.0. The van der Waals surface area contributed by atoms with Crippen molar-refractivity contribution >= 4 is 23.8 Å². The van der Waals surface area contributed by atoms with Gasteiger partial charge in [0.1, 0.15) is 23.1 Å². The monoisotopic (exact) mass is 452 g/mol. The number of hydrogen-bond acceptors (Lipinski definition) is 6. The first-order valence-corrected chi connectivity index (χ1v) is 10.6. The third-order valence-corrected chi connectivity index (χ3v) is 6.00. The molecule has 5 rings (SSSR count). The number of rotatable bonds is 3. The molecule has 2 aromatic rings. The second-order valence-electron chi connectivity index (χ2n) is 8.24. The van der Waals surface area contributed by atoms with Crippen LogP contribution < -0.4 is 15.4 Å². The highest BCUT2D eigenvalue weighted by Crippen LogP contribution is 2.52. The van der Waals surface area contributed by atoms with Crippen LogP contribution >= 0.6 is 0 Å². The number of carboxylic acids is 1. The molecule has 3 aliphatic rings. The fourth-order valence-electron chi connectivity index (χ4n) is 4.05. The van der Waals surface area contributed by atoms with E-state index in [1.807, 2.05) is 18.2 Å². The van der Waals surface area contributed by atoms with Crippen molar-refractivity contribution in [2.45, 2.75) is 43.2 Å². The number of fused-ring (bicyclic) bond motifs is 8. The van der Waals surface area contributed by atoms with E-state index in [1.54, 1.807) is 30.3 Å². The molecule has 3 N–H and O–H groups in total. The highest BCUT2D eigenvalue weighted by molar-refractivity contribution is 5.96. The molecule has 9 heteroatoms. The molecule has 0 spiro atoms. The molecule has 33 heavy (non-hydrogen) atoms. The SMILES string of the molecule is COC(=O)C[C@@H]1NC(=O)CCc2cccc(c2)Oc2ccc(cc2)[C@H]2CC2(C(=O)O)NC1=O. The maximum absolute atomic E-state index is 13.0. The average molecular weight is 452 g/mol. The van der Waals surface area contributed by atoms with E-state index in [1.165, 1.54) is 7.11 Å². The Hall–Kier alpha value is -3.88. The van der Waals surface area contributed by atoms with Crippen molar-refractivity contribution in [3.05, 3.63) is 59.7 Å². The standard InChI is InChI=1S/C24H24N2O7/c1-32-21(28)12-19-22(29)26-24(23(30)31)13-18(24)15-6-8-16(9-7-15)33-17-4-2-3-14(11-17)5-10-20(27)25-19/h2-4,6-9,11,18-19H,5,10,12-13H2,1H3,(H,25,27)(H,26,29)(H,30,31)/t18-,19+,24?/m1/s1. The molecule has 2 aliphatic heterocycles. The Morgan fingerprint density at radius 1 is 1.12 bits per heavy atom. The van der Waals surface area contributed by atoms with Crippen molar-refractivity contribution in [3.8, 4) is 11.5 Å². The zero-order chi connectivity index (χ0) is 23.6. The van der Waals surface area contributed by atoms with Crippen LogP contribution in [0.4, 0.5) is 0 Å². The van der Waals surface area contributed by atoms with Crippen LogP contribution in [0.15, 0.2) is 48.5 Å². The molecule has 9 nitrogen and oxygen atoms in total. The Bertz CT molecular complexity index is 1100. The molecule has 0 radical (unpaired) electrons. The molecule has 0 saturated heterocycles. The Morgan fingerprint density at radius 2 is 1.88 bits per heavy atom. The molecule has 2 aromatic carbocycles. The second-order valence-corrected chi connectivity index (χ2v) is 8.24. The fourth-order valence-corrected chi connectivity index (χ4v) is 4.05. The van der Waals surface area contributed by atoms with Gasteiger partial charge in [-0.2, -0.15) is 0 Å². The second kappa shape index (κ2) is 8.93. The maximum atomic E-state index is 13.0. The molecule has 1 fully saturated rings. The van der Waals surface area contributed by atoms with E-state index in [0.717, 1.165) is 11.1 Å². The Labute approximate surface area is 190 Å². The van der Waals surface area contributed by atoms with Crippen molar-refractivity contribution in [1.82, 2.24) is 10.6 Å². The molecule has 2 heterocycles. The molecule has 3 atom stereocenters. The highest BCUT2D eigenvalue weighted by Gasteiger charge is 2.62. The number of methoxy groups -OCH3 is 1.